The van der Waals surface area contributed by atoms with E-state index in [1.807, 2.05) is 13.8 Å². The van der Waals surface area contributed by atoms with Gasteiger partial charge in [0.25, 0.3) is 6.43 Å². The maximum absolute atomic E-state index is 12.8. The number of alkyl carbamates (subject to hydrolysis) is 1. The molecule has 0 spiro atoms. The Labute approximate surface area is 135 Å². The van der Waals surface area contributed by atoms with Crippen LogP contribution in [0.15, 0.2) is 0 Å². The number of nitrogens with one attached hydrogen (secondary N) is 1. The second-order valence-electron chi connectivity index (χ2n) is 5.95. The Morgan fingerprint density at radius 1 is 1.43 bits per heavy atom. The number of halogens is 2. The molecule has 0 aromatic carbocycles. The molecule has 1 amide bonds. The zero-order valence-electron chi connectivity index (χ0n) is 14.4. The Morgan fingerprint density at radius 3 is 2.57 bits per heavy atom. The fraction of sp³-hybridized carbons (Fsp3) is 0.733. The van der Waals surface area contributed by atoms with Crippen molar-refractivity contribution in [2.24, 2.45) is 0 Å². The zero-order chi connectivity index (χ0) is 17.8. The van der Waals surface area contributed by atoms with Crippen LogP contribution in [-0.2, 0) is 11.3 Å². The van der Waals surface area contributed by atoms with E-state index in [-0.39, 0.29) is 24.9 Å². The van der Waals surface area contributed by atoms with E-state index in [9.17, 15) is 13.6 Å². The van der Waals surface area contributed by atoms with Gasteiger partial charge in [-0.1, -0.05) is 13.8 Å². The molecule has 0 aliphatic carbocycles. The van der Waals surface area contributed by atoms with Gasteiger partial charge < -0.3 is 14.8 Å². The Bertz CT molecular complexity index is 539. The molecule has 1 atom stereocenters. The molecule has 1 aliphatic rings. The summed E-state index contributed by atoms with van der Waals surface area (Å²) < 4.78 is 37.5. The first kappa shape index (κ1) is 19.2. The topological polar surface area (TPSA) is 65.4 Å². The summed E-state index contributed by atoms with van der Waals surface area (Å²) in [7, 11) is 0. The van der Waals surface area contributed by atoms with Gasteiger partial charge in [0.05, 0.1) is 12.6 Å². The van der Waals surface area contributed by atoms with E-state index in [2.05, 4.69) is 10.4 Å². The third-order valence-corrected chi connectivity index (χ3v) is 2.91. The molecule has 0 saturated carbocycles. The third-order valence-electron chi connectivity index (χ3n) is 2.91. The Morgan fingerprint density at radius 2 is 2.04 bits per heavy atom. The number of hydrogen-bond acceptors (Lipinski definition) is 4. The summed E-state index contributed by atoms with van der Waals surface area (Å²) in [6.07, 6.45) is -3.22. The maximum atomic E-state index is 12.8. The SMILES string of the molecule is CC.Cc1c(C(F)F)nn2c1OCC(NC(=O)OC(C)(C)C)C2. The number of carbonyl (C=O) groups is 1. The standard InChI is InChI=1S/C13H19F2N3O3.C2H6/c1-7-9(10(14)15)17-18-5-8(6-20-11(7)18)16-12(19)21-13(2,3)4;1-2/h8,10H,5-6H2,1-4H3,(H,16,19);1-2H3. The molecule has 0 bridgehead atoms. The van der Waals surface area contributed by atoms with Crippen molar-refractivity contribution in [3.05, 3.63) is 11.3 Å². The summed E-state index contributed by atoms with van der Waals surface area (Å²) in [5.74, 6) is 0.326. The van der Waals surface area contributed by atoms with Crippen LogP contribution < -0.4 is 10.1 Å². The number of fused-ring (bicyclic) bond motifs is 1. The molecule has 1 aromatic heterocycles. The molecule has 0 radical (unpaired) electrons. The van der Waals surface area contributed by atoms with Crippen molar-refractivity contribution in [2.45, 2.75) is 66.2 Å². The molecule has 1 aromatic rings. The molecule has 23 heavy (non-hydrogen) atoms. The van der Waals surface area contributed by atoms with Crippen LogP contribution in [0.1, 0.15) is 52.3 Å². The molecule has 6 nitrogen and oxygen atoms in total. The van der Waals surface area contributed by atoms with Crippen LogP contribution in [0, 0.1) is 6.92 Å². The van der Waals surface area contributed by atoms with Crippen molar-refractivity contribution >= 4 is 6.09 Å². The van der Waals surface area contributed by atoms with Crippen LogP contribution in [0.4, 0.5) is 13.6 Å². The molecular formula is C15H25F2N3O3. The van der Waals surface area contributed by atoms with Crippen molar-refractivity contribution < 1.29 is 23.0 Å². The number of ether oxygens (including phenoxy) is 2. The lowest BCUT2D eigenvalue weighted by Crippen LogP contribution is -2.46. The average Bonchev–Trinajstić information content (AvgIpc) is 2.76. The first-order chi connectivity index (χ1) is 10.7. The Balaban J connectivity index is 0.00000127. The molecule has 2 heterocycles. The van der Waals surface area contributed by atoms with Gasteiger partial charge >= 0.3 is 6.09 Å². The second kappa shape index (κ2) is 7.61. The van der Waals surface area contributed by atoms with Crippen LogP contribution in [0.2, 0.25) is 0 Å². The minimum Gasteiger partial charge on any atom is -0.475 e. The highest BCUT2D eigenvalue weighted by atomic mass is 19.3. The van der Waals surface area contributed by atoms with Crippen LogP contribution in [0.25, 0.3) is 0 Å². The highest BCUT2D eigenvalue weighted by molar-refractivity contribution is 5.68. The molecule has 1 N–H and O–H groups in total. The predicted octanol–water partition coefficient (Wildman–Crippen LogP) is 3.44. The van der Waals surface area contributed by atoms with E-state index in [4.69, 9.17) is 9.47 Å². The number of alkyl halides is 2. The Hall–Kier alpha value is -1.86. The van der Waals surface area contributed by atoms with Crippen molar-refractivity contribution in [1.29, 1.82) is 0 Å². The van der Waals surface area contributed by atoms with E-state index in [1.54, 1.807) is 27.7 Å². The van der Waals surface area contributed by atoms with Gasteiger partial charge in [-0.2, -0.15) is 5.10 Å². The monoisotopic (exact) mass is 333 g/mol. The number of aromatic nitrogens is 2. The van der Waals surface area contributed by atoms with Gasteiger partial charge in [0.2, 0.25) is 5.88 Å². The van der Waals surface area contributed by atoms with E-state index in [1.165, 1.54) is 4.68 Å². The molecular weight excluding hydrogens is 308 g/mol. The molecule has 8 heteroatoms. The lowest BCUT2D eigenvalue weighted by molar-refractivity contribution is 0.0460. The smallest absolute Gasteiger partial charge is 0.408 e. The lowest BCUT2D eigenvalue weighted by atomic mass is 10.2. The fourth-order valence-electron chi connectivity index (χ4n) is 2.07. The largest absolute Gasteiger partial charge is 0.475 e. The van der Waals surface area contributed by atoms with Crippen LogP contribution in [-0.4, -0.2) is 34.1 Å². The van der Waals surface area contributed by atoms with Gasteiger partial charge in [0.15, 0.2) is 0 Å². The average molecular weight is 333 g/mol. The summed E-state index contributed by atoms with van der Waals surface area (Å²) >= 11 is 0. The highest BCUT2D eigenvalue weighted by Crippen LogP contribution is 2.30. The minimum absolute atomic E-state index is 0.189. The quantitative estimate of drug-likeness (QED) is 0.900. The minimum atomic E-state index is -2.65. The van der Waals surface area contributed by atoms with E-state index in [0.717, 1.165) is 0 Å². The molecule has 0 saturated heterocycles. The summed E-state index contributed by atoms with van der Waals surface area (Å²) in [5.41, 5.74) is -0.556. The van der Waals surface area contributed by atoms with E-state index < -0.39 is 18.1 Å². The van der Waals surface area contributed by atoms with Gasteiger partial charge in [-0.15, -0.1) is 0 Å². The van der Waals surface area contributed by atoms with E-state index >= 15 is 0 Å². The van der Waals surface area contributed by atoms with Crippen LogP contribution in [0.3, 0.4) is 0 Å². The first-order valence-electron chi connectivity index (χ1n) is 7.65. The Kier molecular flexibility index (Phi) is 6.35. The number of carbonyl (C=O) groups excluding carboxylic acids is 1. The lowest BCUT2D eigenvalue weighted by Gasteiger charge is -2.27. The summed E-state index contributed by atoms with van der Waals surface area (Å²) in [5, 5.41) is 6.47. The van der Waals surface area contributed by atoms with Gasteiger partial charge in [-0.05, 0) is 27.7 Å². The van der Waals surface area contributed by atoms with Crippen molar-refractivity contribution in [3.63, 3.8) is 0 Å². The van der Waals surface area contributed by atoms with Gasteiger partial charge in [-0.3, -0.25) is 0 Å². The van der Waals surface area contributed by atoms with Gasteiger partial charge in [0, 0.05) is 5.56 Å². The number of rotatable bonds is 2. The van der Waals surface area contributed by atoms with Crippen molar-refractivity contribution in [1.82, 2.24) is 15.1 Å². The van der Waals surface area contributed by atoms with Gasteiger partial charge in [0.1, 0.15) is 17.9 Å². The van der Waals surface area contributed by atoms with Crippen molar-refractivity contribution in [2.75, 3.05) is 6.61 Å². The fourth-order valence-corrected chi connectivity index (χ4v) is 2.07. The highest BCUT2D eigenvalue weighted by Gasteiger charge is 2.29. The number of hydrogen-bond donors (Lipinski definition) is 1. The molecule has 132 valence electrons. The molecule has 2 rings (SSSR count). The molecule has 0 fully saturated rings. The summed E-state index contributed by atoms with van der Waals surface area (Å²) in [6.45, 7) is 11.3. The predicted molar refractivity (Wildman–Crippen MR) is 81.9 cm³/mol. The zero-order valence-corrected chi connectivity index (χ0v) is 14.4. The van der Waals surface area contributed by atoms with Crippen molar-refractivity contribution in [3.8, 4) is 5.88 Å². The first-order valence-corrected chi connectivity index (χ1v) is 7.65. The second-order valence-corrected chi connectivity index (χ2v) is 5.95. The molecule has 1 aliphatic heterocycles. The number of amides is 1. The normalized spacial score (nSPS) is 16.8. The van der Waals surface area contributed by atoms with Gasteiger partial charge in [-0.25, -0.2) is 18.3 Å². The van der Waals surface area contributed by atoms with Crippen LogP contribution >= 0.6 is 0 Å². The maximum Gasteiger partial charge on any atom is 0.408 e. The number of nitrogens with zero attached hydrogens (tertiary/aromatic N) is 2. The van der Waals surface area contributed by atoms with E-state index in [0.29, 0.717) is 11.4 Å². The molecule has 1 unspecified atom stereocenters. The summed E-state index contributed by atoms with van der Waals surface area (Å²) in [4.78, 5) is 11.7. The summed E-state index contributed by atoms with van der Waals surface area (Å²) in [6, 6.07) is -0.378. The van der Waals surface area contributed by atoms with Crippen LogP contribution in [0.5, 0.6) is 5.88 Å². The third kappa shape index (κ3) is 5.07.